The molecular weight excluding hydrogens is 240 g/mol. The van der Waals surface area contributed by atoms with Gasteiger partial charge in [0.25, 0.3) is 0 Å². The molecule has 19 heavy (non-hydrogen) atoms. The van der Waals surface area contributed by atoms with Gasteiger partial charge in [0.2, 0.25) is 0 Å². The Morgan fingerprint density at radius 3 is 2.89 bits per heavy atom. The quantitative estimate of drug-likeness (QED) is 0.884. The zero-order valence-corrected chi connectivity index (χ0v) is 11.9. The maximum Gasteiger partial charge on any atom is 0.142 e. The fourth-order valence-electron chi connectivity index (χ4n) is 2.77. The largest absolute Gasteiger partial charge is 0.491 e. The molecule has 1 aromatic carbocycles. The Morgan fingerprint density at radius 2 is 2.21 bits per heavy atom. The minimum absolute atomic E-state index is 0.154. The number of anilines is 1. The first-order valence-corrected chi connectivity index (χ1v) is 6.96. The number of rotatable bonds is 5. The van der Waals surface area contributed by atoms with Crippen LogP contribution in [0.3, 0.4) is 0 Å². The summed E-state index contributed by atoms with van der Waals surface area (Å²) < 4.78 is 11.3. The van der Waals surface area contributed by atoms with E-state index in [0.29, 0.717) is 13.2 Å². The van der Waals surface area contributed by atoms with Crippen molar-refractivity contribution in [2.24, 2.45) is 5.73 Å². The van der Waals surface area contributed by atoms with Crippen molar-refractivity contribution in [3.63, 3.8) is 0 Å². The lowest BCUT2D eigenvalue weighted by atomic mass is 9.93. The van der Waals surface area contributed by atoms with Crippen molar-refractivity contribution in [1.82, 2.24) is 0 Å². The first kappa shape index (κ1) is 14.2. The topological polar surface area (TPSA) is 47.7 Å². The molecule has 1 heterocycles. The normalized spacial score (nSPS) is 18.2. The molecule has 0 spiro atoms. The maximum atomic E-state index is 6.08. The minimum atomic E-state index is -0.154. The van der Waals surface area contributed by atoms with Crippen molar-refractivity contribution in [3.05, 3.63) is 24.3 Å². The second-order valence-corrected chi connectivity index (χ2v) is 5.04. The first-order valence-electron chi connectivity index (χ1n) is 6.96. The van der Waals surface area contributed by atoms with Crippen molar-refractivity contribution in [2.45, 2.75) is 25.3 Å². The lowest BCUT2D eigenvalue weighted by molar-refractivity contribution is 0.127. The Labute approximate surface area is 115 Å². The molecule has 0 aliphatic carbocycles. The van der Waals surface area contributed by atoms with E-state index in [1.165, 1.54) is 0 Å². The van der Waals surface area contributed by atoms with E-state index in [1.54, 1.807) is 7.11 Å². The summed E-state index contributed by atoms with van der Waals surface area (Å²) in [6.07, 6.45) is 1.95. The Balaban J connectivity index is 2.41. The lowest BCUT2D eigenvalue weighted by Crippen LogP contribution is -2.57. The highest BCUT2D eigenvalue weighted by atomic mass is 16.5. The molecule has 1 aliphatic heterocycles. The van der Waals surface area contributed by atoms with E-state index >= 15 is 0 Å². The van der Waals surface area contributed by atoms with Crippen molar-refractivity contribution in [3.8, 4) is 5.75 Å². The van der Waals surface area contributed by atoms with Gasteiger partial charge in [-0.3, -0.25) is 0 Å². The average molecular weight is 264 g/mol. The van der Waals surface area contributed by atoms with Gasteiger partial charge < -0.3 is 20.1 Å². The predicted octanol–water partition coefficient (Wildman–Crippen LogP) is 2.03. The van der Waals surface area contributed by atoms with Gasteiger partial charge in [0.1, 0.15) is 5.75 Å². The molecule has 2 N–H and O–H groups in total. The molecule has 1 aliphatic rings. The van der Waals surface area contributed by atoms with Crippen molar-refractivity contribution < 1.29 is 9.47 Å². The van der Waals surface area contributed by atoms with Gasteiger partial charge in [0.15, 0.2) is 0 Å². The molecule has 0 amide bonds. The molecule has 0 bridgehead atoms. The van der Waals surface area contributed by atoms with Crippen molar-refractivity contribution in [1.29, 1.82) is 0 Å². The summed E-state index contributed by atoms with van der Waals surface area (Å²) in [6.45, 7) is 5.08. The second kappa shape index (κ2) is 6.26. The molecule has 1 aromatic rings. The van der Waals surface area contributed by atoms with E-state index in [4.69, 9.17) is 15.2 Å². The molecule has 0 radical (unpaired) electrons. The number of hydrogen-bond acceptors (Lipinski definition) is 4. The molecule has 0 fully saturated rings. The van der Waals surface area contributed by atoms with Crippen LogP contribution >= 0.6 is 0 Å². The summed E-state index contributed by atoms with van der Waals surface area (Å²) in [4.78, 5) is 2.37. The summed E-state index contributed by atoms with van der Waals surface area (Å²) >= 11 is 0. The maximum absolute atomic E-state index is 6.08. The SMILES string of the molecule is CCC(CN)(COC)N1CCCOc2ccccc21. The van der Waals surface area contributed by atoms with E-state index in [9.17, 15) is 0 Å². The van der Waals surface area contributed by atoms with Gasteiger partial charge in [0, 0.05) is 20.2 Å². The highest BCUT2D eigenvalue weighted by Gasteiger charge is 2.36. The third-order valence-corrected chi connectivity index (χ3v) is 3.96. The molecule has 0 saturated carbocycles. The van der Waals surface area contributed by atoms with Crippen LogP contribution in [-0.2, 0) is 4.74 Å². The second-order valence-electron chi connectivity index (χ2n) is 5.04. The average Bonchev–Trinajstić information content (AvgIpc) is 2.68. The number of methoxy groups -OCH3 is 1. The zero-order chi connectivity index (χ0) is 13.7. The first-order chi connectivity index (χ1) is 9.27. The molecule has 1 atom stereocenters. The summed E-state index contributed by atoms with van der Waals surface area (Å²) in [6, 6.07) is 8.19. The zero-order valence-electron chi connectivity index (χ0n) is 11.9. The Morgan fingerprint density at radius 1 is 1.42 bits per heavy atom. The molecule has 4 nitrogen and oxygen atoms in total. The van der Waals surface area contributed by atoms with Gasteiger partial charge in [-0.05, 0) is 25.0 Å². The molecule has 106 valence electrons. The smallest absolute Gasteiger partial charge is 0.142 e. The van der Waals surface area contributed by atoms with Crippen molar-refractivity contribution >= 4 is 5.69 Å². The number of fused-ring (bicyclic) bond motifs is 1. The molecule has 0 aromatic heterocycles. The van der Waals surface area contributed by atoms with E-state index in [-0.39, 0.29) is 5.54 Å². The number of ether oxygens (including phenoxy) is 2. The number of nitrogens with zero attached hydrogens (tertiary/aromatic N) is 1. The van der Waals surface area contributed by atoms with Gasteiger partial charge in [-0.2, -0.15) is 0 Å². The van der Waals surface area contributed by atoms with E-state index < -0.39 is 0 Å². The van der Waals surface area contributed by atoms with E-state index in [2.05, 4.69) is 17.9 Å². The molecule has 1 unspecified atom stereocenters. The summed E-state index contributed by atoms with van der Waals surface area (Å²) in [5.41, 5.74) is 7.06. The van der Waals surface area contributed by atoms with Crippen LogP contribution in [0.15, 0.2) is 24.3 Å². The minimum Gasteiger partial charge on any atom is -0.491 e. The molecular formula is C15H24N2O2. The summed E-state index contributed by atoms with van der Waals surface area (Å²) in [7, 11) is 1.74. The van der Waals surface area contributed by atoms with Crippen LogP contribution < -0.4 is 15.4 Å². The van der Waals surface area contributed by atoms with Crippen LogP contribution in [0.5, 0.6) is 5.75 Å². The third-order valence-electron chi connectivity index (χ3n) is 3.96. The van der Waals surface area contributed by atoms with Gasteiger partial charge in [0.05, 0.1) is 24.4 Å². The Hall–Kier alpha value is -1.26. The van der Waals surface area contributed by atoms with Gasteiger partial charge in [-0.15, -0.1) is 0 Å². The summed E-state index contributed by atoms with van der Waals surface area (Å²) in [5, 5.41) is 0. The van der Waals surface area contributed by atoms with Gasteiger partial charge in [-0.1, -0.05) is 19.1 Å². The van der Waals surface area contributed by atoms with Crippen LogP contribution in [0.4, 0.5) is 5.69 Å². The number of benzene rings is 1. The highest BCUT2D eigenvalue weighted by molar-refractivity contribution is 5.61. The molecule has 0 saturated heterocycles. The Bertz CT molecular complexity index is 405. The fraction of sp³-hybridized carbons (Fsp3) is 0.600. The lowest BCUT2D eigenvalue weighted by Gasteiger charge is -2.43. The van der Waals surface area contributed by atoms with E-state index in [1.807, 2.05) is 18.2 Å². The number of para-hydroxylation sites is 2. The monoisotopic (exact) mass is 264 g/mol. The predicted molar refractivity (Wildman–Crippen MR) is 77.9 cm³/mol. The number of hydrogen-bond donors (Lipinski definition) is 1. The van der Waals surface area contributed by atoms with Crippen LogP contribution in [0.1, 0.15) is 19.8 Å². The summed E-state index contributed by atoms with van der Waals surface area (Å²) in [5.74, 6) is 0.947. The fourth-order valence-corrected chi connectivity index (χ4v) is 2.77. The number of nitrogens with two attached hydrogens (primary N) is 1. The van der Waals surface area contributed by atoms with Gasteiger partial charge in [-0.25, -0.2) is 0 Å². The van der Waals surface area contributed by atoms with E-state index in [0.717, 1.165) is 37.4 Å². The van der Waals surface area contributed by atoms with Crippen LogP contribution in [-0.4, -0.2) is 39.0 Å². The van der Waals surface area contributed by atoms with Crippen LogP contribution in [0.2, 0.25) is 0 Å². The van der Waals surface area contributed by atoms with Crippen LogP contribution in [0, 0.1) is 0 Å². The molecule has 4 heteroatoms. The molecule has 2 rings (SSSR count). The Kier molecular flexibility index (Phi) is 4.66. The third kappa shape index (κ3) is 2.69. The van der Waals surface area contributed by atoms with Gasteiger partial charge >= 0.3 is 0 Å². The van der Waals surface area contributed by atoms with Crippen molar-refractivity contribution in [2.75, 3.05) is 38.3 Å². The van der Waals surface area contributed by atoms with Crippen LogP contribution in [0.25, 0.3) is 0 Å². The highest BCUT2D eigenvalue weighted by Crippen LogP contribution is 2.36. The standard InChI is InChI=1S/C15H24N2O2/c1-3-15(11-16,12-18-2)17-9-6-10-19-14-8-5-4-7-13(14)17/h4-5,7-8H,3,6,9-12,16H2,1-2H3.